The lowest BCUT2D eigenvalue weighted by molar-refractivity contribution is -0.150. The van der Waals surface area contributed by atoms with Crippen molar-refractivity contribution in [3.8, 4) is 0 Å². The molecular formula is C19H21N3O4S. The summed E-state index contributed by atoms with van der Waals surface area (Å²) in [6, 6.07) is 9.39. The molecule has 2 saturated heterocycles. The van der Waals surface area contributed by atoms with Crippen molar-refractivity contribution in [1.82, 2.24) is 14.9 Å². The molecule has 4 rings (SSSR count). The van der Waals surface area contributed by atoms with Crippen molar-refractivity contribution < 1.29 is 19.2 Å². The normalized spacial score (nSPS) is 22.8. The topological polar surface area (TPSA) is 72.0 Å². The van der Waals surface area contributed by atoms with Gasteiger partial charge in [-0.05, 0) is 18.4 Å². The Kier molecular flexibility index (Phi) is 5.09. The van der Waals surface area contributed by atoms with Crippen LogP contribution >= 0.6 is 11.3 Å². The standard InChI is InChI=1S/C19H21N3O4S/c1-13(23)26-17(18-20-9-10-27-18)16-8-7-15-11-21(16)19(24)22(15)25-12-14-5-3-2-4-6-14/h2-6,9-10,15-17H,7-8,11-12H2,1H3/t15?,16-,17?/m0/s1. The van der Waals surface area contributed by atoms with Gasteiger partial charge in [0, 0.05) is 25.0 Å². The smallest absolute Gasteiger partial charge is 0.344 e. The van der Waals surface area contributed by atoms with Crippen LogP contribution in [0.2, 0.25) is 0 Å². The summed E-state index contributed by atoms with van der Waals surface area (Å²) in [5.74, 6) is -0.374. The van der Waals surface area contributed by atoms with Crippen molar-refractivity contribution in [2.24, 2.45) is 0 Å². The molecule has 3 heterocycles. The second-order valence-corrected chi connectivity index (χ2v) is 7.64. The van der Waals surface area contributed by atoms with Gasteiger partial charge < -0.3 is 9.64 Å². The van der Waals surface area contributed by atoms with E-state index in [0.717, 1.165) is 18.4 Å². The number of benzene rings is 1. The second kappa shape index (κ2) is 7.66. The molecule has 0 N–H and O–H groups in total. The average Bonchev–Trinajstić information content (AvgIpc) is 3.28. The van der Waals surface area contributed by atoms with Crippen molar-refractivity contribution >= 4 is 23.3 Å². The number of carbonyl (C=O) groups is 2. The first kappa shape index (κ1) is 17.9. The molecule has 0 radical (unpaired) electrons. The summed E-state index contributed by atoms with van der Waals surface area (Å²) in [5, 5.41) is 4.04. The number of ether oxygens (including phenoxy) is 1. The van der Waals surface area contributed by atoms with Crippen molar-refractivity contribution in [1.29, 1.82) is 0 Å². The van der Waals surface area contributed by atoms with Crippen LogP contribution in [-0.2, 0) is 21.0 Å². The van der Waals surface area contributed by atoms with E-state index in [0.29, 0.717) is 18.2 Å². The molecule has 2 amide bonds. The molecule has 2 unspecified atom stereocenters. The fourth-order valence-corrected chi connectivity index (χ4v) is 4.43. The van der Waals surface area contributed by atoms with Crippen LogP contribution in [0.3, 0.4) is 0 Å². The quantitative estimate of drug-likeness (QED) is 0.712. The number of esters is 1. The summed E-state index contributed by atoms with van der Waals surface area (Å²) in [6.45, 7) is 2.30. The van der Waals surface area contributed by atoms with Crippen LogP contribution in [0.15, 0.2) is 41.9 Å². The fourth-order valence-electron chi connectivity index (χ4n) is 3.71. The third kappa shape index (κ3) is 3.68. The highest BCUT2D eigenvalue weighted by molar-refractivity contribution is 7.09. The van der Waals surface area contributed by atoms with E-state index in [-0.39, 0.29) is 24.1 Å². The van der Waals surface area contributed by atoms with Crippen LogP contribution in [0, 0.1) is 0 Å². The SMILES string of the molecule is CC(=O)OC(c1nccs1)[C@@H]1CCC2CN1C(=O)N2OCc1ccccc1. The number of aromatic nitrogens is 1. The molecule has 2 bridgehead atoms. The van der Waals surface area contributed by atoms with E-state index in [1.54, 1.807) is 11.1 Å². The number of rotatable bonds is 6. The monoisotopic (exact) mass is 387 g/mol. The van der Waals surface area contributed by atoms with Gasteiger partial charge in [-0.3, -0.25) is 9.63 Å². The fraction of sp³-hybridized carbons (Fsp3) is 0.421. The number of urea groups is 1. The summed E-state index contributed by atoms with van der Waals surface area (Å²) >= 11 is 1.43. The van der Waals surface area contributed by atoms with Crippen LogP contribution in [-0.4, -0.2) is 45.6 Å². The van der Waals surface area contributed by atoms with Crippen LogP contribution in [0.5, 0.6) is 0 Å². The van der Waals surface area contributed by atoms with Crippen molar-refractivity contribution in [2.45, 2.75) is 44.6 Å². The molecule has 0 aliphatic carbocycles. The number of hydrogen-bond donors (Lipinski definition) is 0. The van der Waals surface area contributed by atoms with Gasteiger partial charge in [0.2, 0.25) is 0 Å². The number of carbonyl (C=O) groups excluding carboxylic acids is 2. The molecule has 2 aromatic rings. The maximum Gasteiger partial charge on any atom is 0.344 e. The number of hydrogen-bond acceptors (Lipinski definition) is 6. The van der Waals surface area contributed by atoms with Crippen LogP contribution in [0.1, 0.15) is 36.4 Å². The van der Waals surface area contributed by atoms with Gasteiger partial charge >= 0.3 is 12.0 Å². The summed E-state index contributed by atoms with van der Waals surface area (Å²) in [7, 11) is 0. The summed E-state index contributed by atoms with van der Waals surface area (Å²) in [5.41, 5.74) is 1.01. The Hall–Kier alpha value is -2.45. The Balaban J connectivity index is 1.49. The van der Waals surface area contributed by atoms with Crippen molar-refractivity contribution in [3.63, 3.8) is 0 Å². The summed E-state index contributed by atoms with van der Waals surface area (Å²) in [6.07, 6.45) is 2.68. The molecule has 1 aromatic heterocycles. The van der Waals surface area contributed by atoms with E-state index < -0.39 is 6.10 Å². The van der Waals surface area contributed by atoms with Crippen molar-refractivity contribution in [3.05, 3.63) is 52.5 Å². The highest BCUT2D eigenvalue weighted by Gasteiger charge is 2.49. The molecule has 2 aliphatic rings. The van der Waals surface area contributed by atoms with Gasteiger partial charge in [-0.15, -0.1) is 11.3 Å². The molecular weight excluding hydrogens is 366 g/mol. The first-order chi connectivity index (χ1) is 13.1. The minimum absolute atomic E-state index is 0.0201. The maximum atomic E-state index is 12.9. The molecule has 27 heavy (non-hydrogen) atoms. The number of nitrogens with zero attached hydrogens (tertiary/aromatic N) is 3. The number of fused-ring (bicyclic) bond motifs is 2. The molecule has 0 saturated carbocycles. The van der Waals surface area contributed by atoms with E-state index >= 15 is 0 Å². The number of piperidine rings is 1. The van der Waals surface area contributed by atoms with Gasteiger partial charge in [-0.1, -0.05) is 30.3 Å². The molecule has 2 aliphatic heterocycles. The highest BCUT2D eigenvalue weighted by Crippen LogP contribution is 2.38. The largest absolute Gasteiger partial charge is 0.453 e. The van der Waals surface area contributed by atoms with Gasteiger partial charge in [0.1, 0.15) is 11.6 Å². The zero-order valence-corrected chi connectivity index (χ0v) is 15.8. The number of thiazole rings is 1. The highest BCUT2D eigenvalue weighted by atomic mass is 32.1. The molecule has 2 fully saturated rings. The third-order valence-electron chi connectivity index (χ3n) is 4.92. The molecule has 1 aromatic carbocycles. The zero-order valence-electron chi connectivity index (χ0n) is 15.0. The first-order valence-corrected chi connectivity index (χ1v) is 9.84. The van der Waals surface area contributed by atoms with Crippen LogP contribution in [0.25, 0.3) is 0 Å². The second-order valence-electron chi connectivity index (χ2n) is 6.72. The zero-order chi connectivity index (χ0) is 18.8. The predicted molar refractivity (Wildman–Crippen MR) is 98.6 cm³/mol. The molecule has 3 atom stereocenters. The van der Waals surface area contributed by atoms with Gasteiger partial charge in [0.15, 0.2) is 6.10 Å². The Labute approximate surface area is 161 Å². The minimum Gasteiger partial charge on any atom is -0.453 e. The lowest BCUT2D eigenvalue weighted by Crippen LogP contribution is -2.44. The van der Waals surface area contributed by atoms with Crippen LogP contribution in [0.4, 0.5) is 4.79 Å². The van der Waals surface area contributed by atoms with E-state index in [1.807, 2.05) is 35.7 Å². The predicted octanol–water partition coefficient (Wildman–Crippen LogP) is 3.15. The van der Waals surface area contributed by atoms with E-state index in [1.165, 1.54) is 23.3 Å². The number of amides is 2. The Bertz CT molecular complexity index is 799. The minimum atomic E-state index is -0.540. The van der Waals surface area contributed by atoms with Gasteiger partial charge in [-0.2, -0.15) is 5.06 Å². The summed E-state index contributed by atoms with van der Waals surface area (Å²) in [4.78, 5) is 36.5. The molecule has 142 valence electrons. The van der Waals surface area contributed by atoms with Crippen LogP contribution < -0.4 is 0 Å². The van der Waals surface area contributed by atoms with E-state index in [4.69, 9.17) is 9.57 Å². The van der Waals surface area contributed by atoms with E-state index in [2.05, 4.69) is 4.98 Å². The lowest BCUT2D eigenvalue weighted by Gasteiger charge is -2.34. The molecule has 0 spiro atoms. The van der Waals surface area contributed by atoms with Crippen molar-refractivity contribution in [2.75, 3.05) is 6.54 Å². The Morgan fingerprint density at radius 3 is 2.85 bits per heavy atom. The lowest BCUT2D eigenvalue weighted by atomic mass is 9.96. The van der Waals surface area contributed by atoms with Gasteiger partial charge in [0.25, 0.3) is 0 Å². The van der Waals surface area contributed by atoms with Gasteiger partial charge in [-0.25, -0.2) is 9.78 Å². The first-order valence-electron chi connectivity index (χ1n) is 8.97. The molecule has 8 heteroatoms. The molecule has 7 nitrogen and oxygen atoms in total. The van der Waals surface area contributed by atoms with Gasteiger partial charge in [0.05, 0.1) is 12.1 Å². The summed E-state index contributed by atoms with van der Waals surface area (Å²) < 4.78 is 5.55. The maximum absolute atomic E-state index is 12.9. The number of hydroxylamine groups is 2. The third-order valence-corrected chi connectivity index (χ3v) is 5.76. The Morgan fingerprint density at radius 1 is 1.33 bits per heavy atom. The van der Waals surface area contributed by atoms with E-state index in [9.17, 15) is 9.59 Å². The Morgan fingerprint density at radius 2 is 2.15 bits per heavy atom. The average molecular weight is 387 g/mol.